The van der Waals surface area contributed by atoms with Crippen molar-refractivity contribution < 1.29 is 14.6 Å². The molecule has 1 saturated heterocycles. The predicted octanol–water partition coefficient (Wildman–Crippen LogP) is 2.89. The molecule has 1 aliphatic rings. The maximum absolute atomic E-state index is 11.2. The van der Waals surface area contributed by atoms with Crippen molar-refractivity contribution in [3.63, 3.8) is 0 Å². The van der Waals surface area contributed by atoms with Gasteiger partial charge in [0.2, 0.25) is 0 Å². The molecule has 0 bridgehead atoms. The summed E-state index contributed by atoms with van der Waals surface area (Å²) < 4.78 is 6.49. The zero-order valence-electron chi connectivity index (χ0n) is 13.2. The Bertz CT molecular complexity index is 682. The Morgan fingerprint density at radius 1 is 1.43 bits per heavy atom. The van der Waals surface area contributed by atoms with E-state index in [4.69, 9.17) is 9.72 Å². The summed E-state index contributed by atoms with van der Waals surface area (Å²) >= 11 is 1.63. The third kappa shape index (κ3) is 3.61. The Morgan fingerprint density at radius 2 is 2.22 bits per heavy atom. The number of hydrogen-bond donors (Lipinski definition) is 1. The Kier molecular flexibility index (Phi) is 5.07. The second kappa shape index (κ2) is 7.23. The Balaban J connectivity index is 2.01. The zero-order chi connectivity index (χ0) is 16.2. The van der Waals surface area contributed by atoms with E-state index in [0.29, 0.717) is 19.0 Å². The molecule has 2 aromatic rings. The van der Waals surface area contributed by atoms with Crippen LogP contribution in [0.5, 0.6) is 0 Å². The molecule has 7 heteroatoms. The van der Waals surface area contributed by atoms with Gasteiger partial charge in [0.1, 0.15) is 5.82 Å². The van der Waals surface area contributed by atoms with Crippen LogP contribution < -0.4 is 4.90 Å². The lowest BCUT2D eigenvalue weighted by Crippen LogP contribution is -2.37. The average Bonchev–Trinajstić information content (AvgIpc) is 3.02. The first kappa shape index (κ1) is 16.1. The number of hydrogen-bond acceptors (Lipinski definition) is 6. The summed E-state index contributed by atoms with van der Waals surface area (Å²) in [5.74, 6) is 0.642. The standard InChI is InChI=1S/C16H21N3O3S/c1-2-3-11(10-13(20)21)15-17-12-4-9-23-14(12)16(18-15)19-5-7-22-8-6-19/h4,9,11H,2-3,5-8,10H2,1H3,(H,20,21). The van der Waals surface area contributed by atoms with Crippen molar-refractivity contribution in [3.8, 4) is 0 Å². The molecule has 0 spiro atoms. The van der Waals surface area contributed by atoms with Crippen molar-refractivity contribution in [1.82, 2.24) is 9.97 Å². The Labute approximate surface area is 139 Å². The number of ether oxygens (including phenoxy) is 1. The van der Waals surface area contributed by atoms with Crippen molar-refractivity contribution in [2.75, 3.05) is 31.2 Å². The summed E-state index contributed by atoms with van der Waals surface area (Å²) in [5.41, 5.74) is 0.910. The molecule has 0 radical (unpaired) electrons. The quantitative estimate of drug-likeness (QED) is 0.875. The topological polar surface area (TPSA) is 75.5 Å². The maximum atomic E-state index is 11.2. The second-order valence-corrected chi connectivity index (χ2v) is 6.64. The van der Waals surface area contributed by atoms with E-state index in [1.807, 2.05) is 11.4 Å². The van der Waals surface area contributed by atoms with Gasteiger partial charge in [-0.05, 0) is 17.9 Å². The van der Waals surface area contributed by atoms with Gasteiger partial charge >= 0.3 is 5.97 Å². The maximum Gasteiger partial charge on any atom is 0.304 e. The van der Waals surface area contributed by atoms with E-state index >= 15 is 0 Å². The lowest BCUT2D eigenvalue weighted by atomic mass is 9.99. The third-order valence-corrected chi connectivity index (χ3v) is 4.94. The molecule has 6 nitrogen and oxygen atoms in total. The number of nitrogens with zero attached hydrogens (tertiary/aromatic N) is 3. The molecule has 3 rings (SSSR count). The molecule has 124 valence electrons. The Hall–Kier alpha value is -1.73. The molecule has 1 N–H and O–H groups in total. The fourth-order valence-electron chi connectivity index (χ4n) is 2.92. The highest BCUT2D eigenvalue weighted by atomic mass is 32.1. The predicted molar refractivity (Wildman–Crippen MR) is 90.3 cm³/mol. The first-order valence-corrected chi connectivity index (χ1v) is 8.86. The molecule has 23 heavy (non-hydrogen) atoms. The molecule has 1 atom stereocenters. The molecule has 0 aliphatic carbocycles. The van der Waals surface area contributed by atoms with Crippen LogP contribution in [-0.4, -0.2) is 47.3 Å². The fourth-order valence-corrected chi connectivity index (χ4v) is 3.77. The monoisotopic (exact) mass is 335 g/mol. The first-order chi connectivity index (χ1) is 11.2. The van der Waals surface area contributed by atoms with E-state index in [2.05, 4.69) is 16.8 Å². The number of aromatic nitrogens is 2. The van der Waals surface area contributed by atoms with Gasteiger partial charge in [-0.25, -0.2) is 9.97 Å². The van der Waals surface area contributed by atoms with Gasteiger partial charge in [-0.15, -0.1) is 11.3 Å². The Morgan fingerprint density at radius 3 is 2.91 bits per heavy atom. The third-order valence-electron chi connectivity index (χ3n) is 4.04. The van der Waals surface area contributed by atoms with E-state index in [9.17, 15) is 9.90 Å². The highest BCUT2D eigenvalue weighted by Crippen LogP contribution is 2.32. The molecule has 1 aliphatic heterocycles. The SMILES string of the molecule is CCCC(CC(=O)O)c1nc(N2CCOCC2)c2sccc2n1. The summed E-state index contributed by atoms with van der Waals surface area (Å²) in [6, 6.07) is 1.99. The minimum absolute atomic E-state index is 0.0754. The largest absolute Gasteiger partial charge is 0.481 e. The molecular weight excluding hydrogens is 314 g/mol. The van der Waals surface area contributed by atoms with Gasteiger partial charge in [0.05, 0.1) is 29.9 Å². The van der Waals surface area contributed by atoms with E-state index in [0.717, 1.165) is 42.0 Å². The average molecular weight is 335 g/mol. The van der Waals surface area contributed by atoms with Gasteiger partial charge in [0.25, 0.3) is 0 Å². The van der Waals surface area contributed by atoms with Crippen molar-refractivity contribution in [2.24, 2.45) is 0 Å². The smallest absolute Gasteiger partial charge is 0.304 e. The minimum atomic E-state index is -0.801. The van der Waals surface area contributed by atoms with Crippen molar-refractivity contribution in [1.29, 1.82) is 0 Å². The van der Waals surface area contributed by atoms with Crippen LogP contribution in [0.2, 0.25) is 0 Å². The number of anilines is 1. The zero-order valence-corrected chi connectivity index (χ0v) is 14.0. The van der Waals surface area contributed by atoms with Gasteiger partial charge in [-0.1, -0.05) is 13.3 Å². The first-order valence-electron chi connectivity index (χ1n) is 7.98. The van der Waals surface area contributed by atoms with Crippen LogP contribution in [0.15, 0.2) is 11.4 Å². The highest BCUT2D eigenvalue weighted by Gasteiger charge is 2.23. The molecule has 0 saturated carbocycles. The van der Waals surface area contributed by atoms with Gasteiger partial charge in [-0.2, -0.15) is 0 Å². The number of aliphatic carboxylic acids is 1. The van der Waals surface area contributed by atoms with Crippen molar-refractivity contribution >= 4 is 33.3 Å². The molecule has 3 heterocycles. The van der Waals surface area contributed by atoms with Crippen LogP contribution in [0.25, 0.3) is 10.2 Å². The summed E-state index contributed by atoms with van der Waals surface area (Å²) in [6.07, 6.45) is 1.77. The van der Waals surface area contributed by atoms with Crippen molar-refractivity contribution in [3.05, 3.63) is 17.3 Å². The number of fused-ring (bicyclic) bond motifs is 1. The number of carbonyl (C=O) groups is 1. The van der Waals surface area contributed by atoms with E-state index in [-0.39, 0.29) is 12.3 Å². The molecule has 1 fully saturated rings. The van der Waals surface area contributed by atoms with Crippen LogP contribution in [0.4, 0.5) is 5.82 Å². The van der Waals surface area contributed by atoms with Crippen LogP contribution in [0.1, 0.15) is 37.9 Å². The molecule has 1 unspecified atom stereocenters. The van der Waals surface area contributed by atoms with Crippen LogP contribution in [0, 0.1) is 0 Å². The number of carboxylic acids is 1. The van der Waals surface area contributed by atoms with Crippen LogP contribution >= 0.6 is 11.3 Å². The lowest BCUT2D eigenvalue weighted by Gasteiger charge is -2.28. The molecule has 0 aromatic carbocycles. The van der Waals surface area contributed by atoms with E-state index < -0.39 is 5.97 Å². The minimum Gasteiger partial charge on any atom is -0.481 e. The second-order valence-electron chi connectivity index (χ2n) is 5.72. The number of rotatable bonds is 6. The molecule has 2 aromatic heterocycles. The number of thiophene rings is 1. The van der Waals surface area contributed by atoms with Crippen LogP contribution in [-0.2, 0) is 9.53 Å². The van der Waals surface area contributed by atoms with Crippen molar-refractivity contribution in [2.45, 2.75) is 32.1 Å². The fraction of sp³-hybridized carbons (Fsp3) is 0.562. The van der Waals surface area contributed by atoms with Gasteiger partial charge in [0.15, 0.2) is 5.82 Å². The summed E-state index contributed by atoms with van der Waals surface area (Å²) in [6.45, 7) is 5.06. The van der Waals surface area contributed by atoms with Crippen LogP contribution in [0.3, 0.4) is 0 Å². The highest BCUT2D eigenvalue weighted by molar-refractivity contribution is 7.17. The lowest BCUT2D eigenvalue weighted by molar-refractivity contribution is -0.137. The van der Waals surface area contributed by atoms with Gasteiger partial charge in [-0.3, -0.25) is 4.79 Å². The summed E-state index contributed by atoms with van der Waals surface area (Å²) in [7, 11) is 0. The summed E-state index contributed by atoms with van der Waals surface area (Å²) in [5, 5.41) is 11.2. The number of carboxylic acid groups (broad SMARTS) is 1. The van der Waals surface area contributed by atoms with E-state index in [1.54, 1.807) is 11.3 Å². The molecule has 0 amide bonds. The summed E-state index contributed by atoms with van der Waals surface area (Å²) in [4.78, 5) is 22.8. The molecular formula is C16H21N3O3S. The van der Waals surface area contributed by atoms with E-state index in [1.165, 1.54) is 0 Å². The van der Waals surface area contributed by atoms with Gasteiger partial charge < -0.3 is 14.7 Å². The van der Waals surface area contributed by atoms with Gasteiger partial charge in [0, 0.05) is 19.0 Å². The normalized spacial score (nSPS) is 16.7. The number of morpholine rings is 1.